The normalized spacial score (nSPS) is 10.9. The molecule has 134 valence electrons. The maximum atomic E-state index is 12.2. The molecule has 0 spiro atoms. The van der Waals surface area contributed by atoms with Crippen LogP contribution >= 0.6 is 0 Å². The molecule has 4 rings (SSSR count). The van der Waals surface area contributed by atoms with E-state index in [1.807, 2.05) is 36.4 Å². The van der Waals surface area contributed by atoms with Gasteiger partial charge in [-0.1, -0.05) is 36.4 Å². The van der Waals surface area contributed by atoms with Crippen LogP contribution in [-0.2, 0) is 0 Å². The highest BCUT2D eigenvalue weighted by atomic mass is 16.5. The van der Waals surface area contributed by atoms with Crippen LogP contribution in [0.2, 0.25) is 0 Å². The third kappa shape index (κ3) is 2.85. The molecule has 2 aromatic carbocycles. The van der Waals surface area contributed by atoms with Crippen LogP contribution in [0.5, 0.6) is 5.75 Å². The first-order valence-electron chi connectivity index (χ1n) is 8.26. The molecular formula is C20H17N5O2. The van der Waals surface area contributed by atoms with Crippen molar-refractivity contribution in [1.29, 1.82) is 0 Å². The second-order valence-corrected chi connectivity index (χ2v) is 6.04. The Morgan fingerprint density at radius 3 is 2.56 bits per heavy atom. The van der Waals surface area contributed by atoms with Crippen molar-refractivity contribution in [2.75, 3.05) is 12.8 Å². The van der Waals surface area contributed by atoms with Crippen molar-refractivity contribution in [2.45, 2.75) is 0 Å². The summed E-state index contributed by atoms with van der Waals surface area (Å²) in [6, 6.07) is 16.6. The lowest BCUT2D eigenvalue weighted by Crippen LogP contribution is -2.12. The molecule has 0 saturated heterocycles. The molecule has 0 saturated carbocycles. The minimum absolute atomic E-state index is 0.346. The van der Waals surface area contributed by atoms with Crippen molar-refractivity contribution in [3.05, 3.63) is 60.2 Å². The molecule has 4 aromatic rings. The molecule has 7 nitrogen and oxygen atoms in total. The van der Waals surface area contributed by atoms with Gasteiger partial charge in [0.1, 0.15) is 5.75 Å². The number of rotatable bonds is 4. The number of nitrogens with two attached hydrogens (primary N) is 2. The summed E-state index contributed by atoms with van der Waals surface area (Å²) < 4.78 is 5.27. The van der Waals surface area contributed by atoms with Crippen LogP contribution in [0.25, 0.3) is 33.5 Å². The molecule has 0 radical (unpaired) electrons. The summed E-state index contributed by atoms with van der Waals surface area (Å²) in [7, 11) is 1.54. The Labute approximate surface area is 155 Å². The van der Waals surface area contributed by atoms with Crippen LogP contribution in [-0.4, -0.2) is 28.2 Å². The van der Waals surface area contributed by atoms with Gasteiger partial charge in [-0.05, 0) is 18.2 Å². The van der Waals surface area contributed by atoms with Gasteiger partial charge in [0.25, 0.3) is 0 Å². The molecule has 1 amide bonds. The molecule has 2 heterocycles. The Hall–Kier alpha value is -3.87. The van der Waals surface area contributed by atoms with Gasteiger partial charge in [0.2, 0.25) is 5.91 Å². The summed E-state index contributed by atoms with van der Waals surface area (Å²) >= 11 is 0. The number of hydrogen-bond donors (Lipinski definition) is 3. The van der Waals surface area contributed by atoms with Crippen LogP contribution in [0, 0.1) is 0 Å². The standard InChI is InChI=1S/C20H17N5O2/c1-27-16-9-12(7-8-14(16)21)15-10-13(19(22)26)17-18(24-25-20(17)23-15)11-5-3-2-4-6-11/h2-10H,21H2,1H3,(H2,22,26)(H,23,24,25). The second-order valence-electron chi connectivity index (χ2n) is 6.04. The number of pyridine rings is 1. The number of ether oxygens (including phenoxy) is 1. The summed E-state index contributed by atoms with van der Waals surface area (Å²) in [5.74, 6) is -0.0216. The molecule has 0 aliphatic heterocycles. The predicted molar refractivity (Wildman–Crippen MR) is 104 cm³/mol. The minimum Gasteiger partial charge on any atom is -0.495 e. The zero-order valence-corrected chi connectivity index (χ0v) is 14.6. The Bertz CT molecular complexity index is 1150. The Morgan fingerprint density at radius 1 is 1.07 bits per heavy atom. The minimum atomic E-state index is -0.551. The maximum absolute atomic E-state index is 12.2. The van der Waals surface area contributed by atoms with Crippen LogP contribution in [0.1, 0.15) is 10.4 Å². The molecule has 27 heavy (non-hydrogen) atoms. The number of aromatic amines is 1. The maximum Gasteiger partial charge on any atom is 0.249 e. The van der Waals surface area contributed by atoms with E-state index in [1.54, 1.807) is 25.3 Å². The quantitative estimate of drug-likeness (QED) is 0.484. The molecule has 0 atom stereocenters. The van der Waals surface area contributed by atoms with Crippen molar-refractivity contribution in [1.82, 2.24) is 15.2 Å². The fraction of sp³-hybridized carbons (Fsp3) is 0.0500. The van der Waals surface area contributed by atoms with Crippen molar-refractivity contribution in [3.63, 3.8) is 0 Å². The fourth-order valence-electron chi connectivity index (χ4n) is 3.05. The molecule has 0 fully saturated rings. The van der Waals surface area contributed by atoms with E-state index in [1.165, 1.54) is 0 Å². The van der Waals surface area contributed by atoms with E-state index in [2.05, 4.69) is 15.2 Å². The van der Waals surface area contributed by atoms with Gasteiger partial charge in [-0.2, -0.15) is 5.10 Å². The molecule has 0 aliphatic carbocycles. The van der Waals surface area contributed by atoms with Gasteiger partial charge in [0, 0.05) is 11.1 Å². The third-order valence-corrected chi connectivity index (χ3v) is 4.38. The number of primary amides is 1. The topological polar surface area (TPSA) is 120 Å². The first kappa shape index (κ1) is 16.6. The van der Waals surface area contributed by atoms with Crippen LogP contribution in [0.15, 0.2) is 54.6 Å². The summed E-state index contributed by atoms with van der Waals surface area (Å²) in [4.78, 5) is 16.8. The summed E-state index contributed by atoms with van der Waals surface area (Å²) in [5.41, 5.74) is 15.7. The number of carbonyl (C=O) groups excluding carboxylic acids is 1. The largest absolute Gasteiger partial charge is 0.495 e. The van der Waals surface area contributed by atoms with Gasteiger partial charge in [0.05, 0.1) is 35.1 Å². The Balaban J connectivity index is 1.95. The number of methoxy groups -OCH3 is 1. The molecule has 0 aliphatic rings. The fourth-order valence-corrected chi connectivity index (χ4v) is 3.05. The average molecular weight is 359 g/mol. The molecule has 7 heteroatoms. The van der Waals surface area contributed by atoms with Gasteiger partial charge in [-0.25, -0.2) is 4.98 Å². The van der Waals surface area contributed by atoms with Gasteiger partial charge in [-0.15, -0.1) is 0 Å². The lowest BCUT2D eigenvalue weighted by atomic mass is 10.0. The summed E-state index contributed by atoms with van der Waals surface area (Å²) in [6.07, 6.45) is 0. The second kappa shape index (κ2) is 6.45. The number of amides is 1. The molecular weight excluding hydrogens is 342 g/mol. The number of H-pyrrole nitrogens is 1. The van der Waals surface area contributed by atoms with Crippen molar-refractivity contribution in [3.8, 4) is 28.3 Å². The van der Waals surface area contributed by atoms with Gasteiger partial charge >= 0.3 is 0 Å². The van der Waals surface area contributed by atoms with E-state index in [0.717, 1.165) is 11.1 Å². The number of nitrogens with one attached hydrogen (secondary N) is 1. The van der Waals surface area contributed by atoms with E-state index in [9.17, 15) is 4.79 Å². The Kier molecular flexibility index (Phi) is 3.97. The highest BCUT2D eigenvalue weighted by molar-refractivity contribution is 6.10. The van der Waals surface area contributed by atoms with Gasteiger partial charge in [0.15, 0.2) is 5.65 Å². The smallest absolute Gasteiger partial charge is 0.249 e. The molecule has 5 N–H and O–H groups in total. The SMILES string of the molecule is COc1cc(-c2cc(C(N)=O)c3c(-c4ccccc4)[nH]nc3n2)ccc1N. The number of aromatic nitrogens is 3. The van der Waals surface area contributed by atoms with Crippen molar-refractivity contribution in [2.24, 2.45) is 5.73 Å². The number of benzene rings is 2. The predicted octanol–water partition coefficient (Wildman–Crippen LogP) is 2.98. The van der Waals surface area contributed by atoms with Gasteiger partial charge < -0.3 is 16.2 Å². The third-order valence-electron chi connectivity index (χ3n) is 4.38. The van der Waals surface area contributed by atoms with E-state index >= 15 is 0 Å². The lowest BCUT2D eigenvalue weighted by molar-refractivity contribution is 0.100. The summed E-state index contributed by atoms with van der Waals surface area (Å²) in [6.45, 7) is 0. The molecule has 2 aromatic heterocycles. The highest BCUT2D eigenvalue weighted by Crippen LogP contribution is 2.33. The van der Waals surface area contributed by atoms with Gasteiger partial charge in [-0.3, -0.25) is 9.89 Å². The van der Waals surface area contributed by atoms with Crippen molar-refractivity contribution >= 4 is 22.6 Å². The Morgan fingerprint density at radius 2 is 1.85 bits per heavy atom. The number of carbonyl (C=O) groups is 1. The highest BCUT2D eigenvalue weighted by Gasteiger charge is 2.19. The zero-order chi connectivity index (χ0) is 19.0. The van der Waals surface area contributed by atoms with E-state index in [4.69, 9.17) is 16.2 Å². The number of fused-ring (bicyclic) bond motifs is 1. The monoisotopic (exact) mass is 359 g/mol. The van der Waals surface area contributed by atoms with Crippen LogP contribution in [0.4, 0.5) is 5.69 Å². The zero-order valence-electron chi connectivity index (χ0n) is 14.6. The van der Waals surface area contributed by atoms with Crippen LogP contribution < -0.4 is 16.2 Å². The van der Waals surface area contributed by atoms with E-state index < -0.39 is 5.91 Å². The van der Waals surface area contributed by atoms with E-state index in [0.29, 0.717) is 39.4 Å². The number of nitrogen functional groups attached to an aromatic ring is 1. The summed E-state index contributed by atoms with van der Waals surface area (Å²) in [5, 5.41) is 7.85. The van der Waals surface area contributed by atoms with E-state index in [-0.39, 0.29) is 0 Å². The number of anilines is 1. The van der Waals surface area contributed by atoms with Crippen molar-refractivity contribution < 1.29 is 9.53 Å². The van der Waals surface area contributed by atoms with Crippen LogP contribution in [0.3, 0.4) is 0 Å². The molecule has 0 unspecified atom stereocenters. The first-order valence-corrected chi connectivity index (χ1v) is 8.26. The first-order chi connectivity index (χ1) is 13.1. The number of nitrogens with zero attached hydrogens (tertiary/aromatic N) is 2. The number of hydrogen-bond acceptors (Lipinski definition) is 5. The average Bonchev–Trinajstić information content (AvgIpc) is 3.12. The lowest BCUT2D eigenvalue weighted by Gasteiger charge is -2.09. The molecule has 0 bridgehead atoms.